The number of rotatable bonds is 14. The Morgan fingerprint density at radius 1 is 0.979 bits per heavy atom. The van der Waals surface area contributed by atoms with E-state index >= 15 is 0 Å². The summed E-state index contributed by atoms with van der Waals surface area (Å²) in [4.78, 5) is 35.0. The maximum absolute atomic E-state index is 14.1. The summed E-state index contributed by atoms with van der Waals surface area (Å²) in [6.45, 7) is 4.74. The molecule has 1 saturated carbocycles. The fourth-order valence-electron chi connectivity index (χ4n) is 5.83. The molecule has 1 heterocycles. The van der Waals surface area contributed by atoms with Crippen LogP contribution in [-0.4, -0.2) is 69.1 Å². The van der Waals surface area contributed by atoms with E-state index in [4.69, 9.17) is 0 Å². The third-order valence-electron chi connectivity index (χ3n) is 8.82. The first-order valence-electron chi connectivity index (χ1n) is 16.3. The summed E-state index contributed by atoms with van der Waals surface area (Å²) in [6, 6.07) is 15.8. The van der Waals surface area contributed by atoms with Crippen LogP contribution in [-0.2, 0) is 25.8 Å². The maximum Gasteiger partial charge on any atom is 0.248 e. The molecule has 10 nitrogen and oxygen atoms in total. The number of amides is 2. The zero-order valence-corrected chi connectivity index (χ0v) is 28.2. The van der Waals surface area contributed by atoms with E-state index in [0.717, 1.165) is 32.1 Å². The van der Waals surface area contributed by atoms with Crippen LogP contribution < -0.4 is 10.6 Å². The molecule has 1 aliphatic carbocycles. The minimum Gasteiger partial charge on any atom is -0.388 e. The van der Waals surface area contributed by atoms with Gasteiger partial charge in [0, 0.05) is 18.2 Å². The van der Waals surface area contributed by atoms with Gasteiger partial charge in [-0.3, -0.25) is 9.59 Å². The van der Waals surface area contributed by atoms with Crippen molar-refractivity contribution in [1.29, 1.82) is 0 Å². The van der Waals surface area contributed by atoms with E-state index in [-0.39, 0.29) is 17.9 Å². The molecule has 47 heavy (non-hydrogen) atoms. The minimum atomic E-state index is -3.76. The van der Waals surface area contributed by atoms with Crippen LogP contribution in [0, 0.1) is 5.92 Å². The monoisotopic (exact) mass is 664 g/mol. The lowest BCUT2D eigenvalue weighted by Crippen LogP contribution is -2.55. The van der Waals surface area contributed by atoms with Gasteiger partial charge in [-0.2, -0.15) is 0 Å². The lowest BCUT2D eigenvalue weighted by Gasteiger charge is -2.33. The molecule has 0 spiro atoms. The number of aromatic nitrogens is 2. The second-order valence-corrected chi connectivity index (χ2v) is 16.2. The van der Waals surface area contributed by atoms with Gasteiger partial charge in [-0.15, -0.1) is 0 Å². The van der Waals surface area contributed by atoms with Gasteiger partial charge in [0.1, 0.15) is 18.2 Å². The van der Waals surface area contributed by atoms with Crippen LogP contribution in [0.15, 0.2) is 78.8 Å². The fraction of sp³-hybridized carbons (Fsp3) is 0.472. The number of carbonyl (C=O) groups excluding carboxylic acids is 2. The second kappa shape index (κ2) is 16.3. The molecule has 2 amide bonds. The lowest BCUT2D eigenvalue weighted by atomic mass is 9.82. The van der Waals surface area contributed by atoms with E-state index in [1.54, 1.807) is 75.5 Å². The Morgan fingerprint density at radius 2 is 1.62 bits per heavy atom. The molecule has 0 radical (unpaired) electrons. The number of benzene rings is 2. The van der Waals surface area contributed by atoms with Crippen molar-refractivity contribution in [3.8, 4) is 0 Å². The van der Waals surface area contributed by atoms with Crippen LogP contribution in [0.4, 0.5) is 0 Å². The number of hydrogen-bond acceptors (Lipinski definition) is 7. The van der Waals surface area contributed by atoms with Crippen LogP contribution in [0.1, 0.15) is 82.2 Å². The minimum absolute atomic E-state index is 0.00996. The number of nitrogens with one attached hydrogen (secondary N) is 3. The van der Waals surface area contributed by atoms with Gasteiger partial charge >= 0.3 is 0 Å². The third-order valence-corrected chi connectivity index (χ3v) is 11.4. The van der Waals surface area contributed by atoms with Gasteiger partial charge in [0.15, 0.2) is 9.84 Å². The summed E-state index contributed by atoms with van der Waals surface area (Å²) < 4.78 is 25.4. The number of aliphatic hydroxyl groups excluding tert-OH is 2. The van der Waals surface area contributed by atoms with E-state index in [1.807, 2.05) is 12.1 Å². The number of aromatic amines is 1. The van der Waals surface area contributed by atoms with Crippen LogP contribution >= 0.6 is 0 Å². The molecule has 254 valence electrons. The van der Waals surface area contributed by atoms with Crippen molar-refractivity contribution in [3.05, 3.63) is 95.6 Å². The predicted molar refractivity (Wildman–Crippen MR) is 183 cm³/mol. The van der Waals surface area contributed by atoms with Gasteiger partial charge < -0.3 is 25.8 Å². The molecule has 2 aromatic carbocycles. The number of H-pyrrole nitrogens is 1. The van der Waals surface area contributed by atoms with Crippen molar-refractivity contribution >= 4 is 27.7 Å². The van der Waals surface area contributed by atoms with E-state index in [9.17, 15) is 28.2 Å². The van der Waals surface area contributed by atoms with Gasteiger partial charge in [-0.1, -0.05) is 92.8 Å². The highest BCUT2D eigenvalue weighted by Gasteiger charge is 2.35. The van der Waals surface area contributed by atoms with Crippen molar-refractivity contribution in [2.24, 2.45) is 5.92 Å². The molecule has 0 saturated heterocycles. The predicted octanol–water partition coefficient (Wildman–Crippen LogP) is 4.28. The van der Waals surface area contributed by atoms with E-state index in [0.29, 0.717) is 23.2 Å². The highest BCUT2D eigenvalue weighted by atomic mass is 32.2. The summed E-state index contributed by atoms with van der Waals surface area (Å²) in [6.07, 6.45) is 7.72. The van der Waals surface area contributed by atoms with Gasteiger partial charge in [-0.25, -0.2) is 13.4 Å². The van der Waals surface area contributed by atoms with E-state index in [1.165, 1.54) is 12.4 Å². The summed E-state index contributed by atoms with van der Waals surface area (Å²) in [5.41, 5.74) is 1.67. The number of sulfone groups is 1. The molecular weight excluding hydrogens is 616 g/mol. The highest BCUT2D eigenvalue weighted by Crippen LogP contribution is 2.30. The first kappa shape index (κ1) is 36.0. The van der Waals surface area contributed by atoms with Crippen molar-refractivity contribution in [2.75, 3.05) is 5.75 Å². The smallest absolute Gasteiger partial charge is 0.248 e. The molecule has 0 unspecified atom stereocenters. The highest BCUT2D eigenvalue weighted by molar-refractivity contribution is 7.92. The molecule has 1 aromatic heterocycles. The lowest BCUT2D eigenvalue weighted by molar-refractivity contribution is -0.129. The Kier molecular flexibility index (Phi) is 12.5. The Labute approximate surface area is 278 Å². The Hall–Kier alpha value is -3.80. The number of carbonyl (C=O) groups is 2. The Balaban J connectivity index is 1.62. The topological polar surface area (TPSA) is 161 Å². The standard InChI is InChI=1S/C36H48N4O6S/c1-36(2,3)47(45,46)23-28(19-25-13-7-4-8-14-25)34(43)40-31(21-29-22-37-24-38-29)35(44)39-30(20-26-15-9-5-10-16-26)33(42)32(41)27-17-11-6-12-18-27/h4,6-8,11-14,17-19,22,24,26,30-33,41-42H,5,9-10,15-16,20-21,23H2,1-3H3,(H,37,38)(H,39,44)(H,40,43)/t30-,31-,32+,33+/m0/s1. The van der Waals surface area contributed by atoms with Crippen LogP contribution in [0.3, 0.4) is 0 Å². The molecular formula is C36H48N4O6S. The molecule has 3 aromatic rings. The molecule has 0 aliphatic heterocycles. The fourth-order valence-corrected chi connectivity index (χ4v) is 6.89. The van der Waals surface area contributed by atoms with E-state index < -0.39 is 56.4 Å². The summed E-state index contributed by atoms with van der Waals surface area (Å²) in [7, 11) is -3.76. The first-order valence-corrected chi connectivity index (χ1v) is 18.0. The van der Waals surface area contributed by atoms with Crippen LogP contribution in [0.5, 0.6) is 0 Å². The summed E-state index contributed by atoms with van der Waals surface area (Å²) in [5.74, 6) is -1.54. The van der Waals surface area contributed by atoms with Crippen molar-refractivity contribution in [3.63, 3.8) is 0 Å². The second-order valence-electron chi connectivity index (χ2n) is 13.4. The average Bonchev–Trinajstić information content (AvgIpc) is 3.57. The Morgan fingerprint density at radius 3 is 2.21 bits per heavy atom. The SMILES string of the molecule is CC(C)(C)S(=O)(=O)CC(=Cc1ccccc1)C(=O)N[C@@H](Cc1c[nH]cn1)C(=O)N[C@@H](CC1CCCCC1)[C@@H](O)[C@H](O)c1ccccc1. The number of aliphatic hydroxyl groups is 2. The third kappa shape index (κ3) is 10.3. The quantitative estimate of drug-likeness (QED) is 0.161. The molecule has 5 N–H and O–H groups in total. The zero-order chi connectivity index (χ0) is 34.0. The van der Waals surface area contributed by atoms with Crippen molar-refractivity contribution in [2.45, 2.75) is 94.8 Å². The molecule has 1 fully saturated rings. The molecule has 4 atom stereocenters. The largest absolute Gasteiger partial charge is 0.388 e. The average molecular weight is 665 g/mol. The van der Waals surface area contributed by atoms with E-state index in [2.05, 4.69) is 20.6 Å². The van der Waals surface area contributed by atoms with Gasteiger partial charge in [0.05, 0.1) is 28.6 Å². The zero-order valence-electron chi connectivity index (χ0n) is 27.4. The van der Waals surface area contributed by atoms with Crippen molar-refractivity contribution in [1.82, 2.24) is 20.6 Å². The van der Waals surface area contributed by atoms with Crippen LogP contribution in [0.25, 0.3) is 6.08 Å². The normalized spacial score (nSPS) is 17.3. The number of hydrogen-bond donors (Lipinski definition) is 5. The van der Waals surface area contributed by atoms with Crippen molar-refractivity contribution < 1.29 is 28.2 Å². The Bertz CT molecular complexity index is 1560. The number of imidazole rings is 1. The number of nitrogens with zero attached hydrogens (tertiary/aromatic N) is 1. The first-order chi connectivity index (χ1) is 22.3. The molecule has 0 bridgehead atoms. The van der Waals surface area contributed by atoms with Gasteiger partial charge in [-0.05, 0) is 50.3 Å². The molecule has 4 rings (SSSR count). The maximum atomic E-state index is 14.1. The molecule has 1 aliphatic rings. The molecule has 11 heteroatoms. The summed E-state index contributed by atoms with van der Waals surface area (Å²) in [5, 5.41) is 28.3. The summed E-state index contributed by atoms with van der Waals surface area (Å²) >= 11 is 0. The van der Waals surface area contributed by atoms with Gasteiger partial charge in [0.2, 0.25) is 11.8 Å². The van der Waals surface area contributed by atoms with Crippen LogP contribution in [0.2, 0.25) is 0 Å². The van der Waals surface area contributed by atoms with Gasteiger partial charge in [0.25, 0.3) is 0 Å².